The molecule has 0 aromatic heterocycles. The molecule has 5 nitrogen and oxygen atoms in total. The van der Waals surface area contributed by atoms with E-state index >= 15 is 0 Å². The first-order valence-electron chi connectivity index (χ1n) is 7.35. The maximum atomic E-state index is 13.4. The van der Waals surface area contributed by atoms with E-state index in [1.54, 1.807) is 0 Å². The molecule has 1 aromatic carbocycles. The molecule has 20 heteroatoms. The fraction of sp³-hybridized carbons (Fsp3) is 0.385. The summed E-state index contributed by atoms with van der Waals surface area (Å²) in [6.07, 6.45) is -34.4. The molecule has 188 valence electrons. The number of hydrogen-bond acceptors (Lipinski definition) is 1. The molecule has 0 aliphatic heterocycles. The van der Waals surface area contributed by atoms with Gasteiger partial charge in [-0.15, -0.1) is 0 Å². The van der Waals surface area contributed by atoms with Crippen molar-refractivity contribution in [3.8, 4) is 0 Å². The van der Waals surface area contributed by atoms with Crippen molar-refractivity contribution in [1.82, 2.24) is 0 Å². The van der Waals surface area contributed by atoms with Crippen molar-refractivity contribution in [3.63, 3.8) is 0 Å². The third kappa shape index (κ3) is 6.03. The fourth-order valence-electron chi connectivity index (χ4n) is 2.52. The quantitative estimate of drug-likeness (QED) is 0.278. The Morgan fingerprint density at radius 2 is 0.697 bits per heavy atom. The lowest BCUT2D eigenvalue weighted by atomic mass is 9.87. The summed E-state index contributed by atoms with van der Waals surface area (Å²) in [6.45, 7) is 0. The first kappa shape index (κ1) is 27.9. The van der Waals surface area contributed by atoms with E-state index < -0.39 is 76.3 Å². The number of alkyl halides is 15. The first-order valence-corrected chi connectivity index (χ1v) is 7.35. The van der Waals surface area contributed by atoms with Gasteiger partial charge in [0.2, 0.25) is 5.96 Å². The fourth-order valence-corrected chi connectivity index (χ4v) is 2.52. The first-order chi connectivity index (χ1) is 14.3. The minimum absolute atomic E-state index is 1.28. The SMILES string of the molecule is NC(N)=NC(N)=Nc1c(C(F)(F)F)c(C(F)(F)F)c(C(F)(F)F)c(C(F)(F)F)c1C(F)(F)F. The second-order valence-corrected chi connectivity index (χ2v) is 5.72. The molecule has 0 saturated carbocycles. The van der Waals surface area contributed by atoms with Crippen molar-refractivity contribution in [2.45, 2.75) is 30.9 Å². The van der Waals surface area contributed by atoms with E-state index in [-0.39, 0.29) is 0 Å². The van der Waals surface area contributed by atoms with Gasteiger partial charge >= 0.3 is 30.9 Å². The molecule has 33 heavy (non-hydrogen) atoms. The summed E-state index contributed by atoms with van der Waals surface area (Å²) in [5.74, 6) is -3.22. The number of halogens is 15. The third-order valence-electron chi connectivity index (χ3n) is 3.36. The van der Waals surface area contributed by atoms with Crippen LogP contribution in [0, 0.1) is 0 Å². The average Bonchev–Trinajstić information content (AvgIpc) is 2.46. The normalized spacial score (nSPS) is 14.5. The van der Waals surface area contributed by atoms with Gasteiger partial charge in [-0.25, -0.2) is 4.99 Å². The Kier molecular flexibility index (Phi) is 6.81. The zero-order valence-corrected chi connectivity index (χ0v) is 14.8. The molecule has 0 unspecified atom stereocenters. The number of nitrogens with zero attached hydrogens (tertiary/aromatic N) is 2. The zero-order valence-electron chi connectivity index (χ0n) is 14.8. The van der Waals surface area contributed by atoms with E-state index in [1.165, 1.54) is 0 Å². The molecule has 6 N–H and O–H groups in total. The highest BCUT2D eigenvalue weighted by atomic mass is 19.4. The number of benzene rings is 1. The molecule has 0 amide bonds. The van der Waals surface area contributed by atoms with Crippen LogP contribution in [0.15, 0.2) is 9.98 Å². The minimum Gasteiger partial charge on any atom is -0.370 e. The summed E-state index contributed by atoms with van der Waals surface area (Å²) in [7, 11) is 0. The molecule has 0 heterocycles. The van der Waals surface area contributed by atoms with Gasteiger partial charge in [-0.05, 0) is 0 Å². The number of rotatable bonds is 1. The molecule has 0 atom stereocenters. The lowest BCUT2D eigenvalue weighted by Gasteiger charge is -2.29. The molecule has 0 saturated heterocycles. The molecule has 0 aliphatic rings. The summed E-state index contributed by atoms with van der Waals surface area (Å²) in [5, 5.41) is 0. The highest BCUT2D eigenvalue weighted by Gasteiger charge is 2.60. The van der Waals surface area contributed by atoms with Gasteiger partial charge in [0, 0.05) is 0 Å². The number of aliphatic imine (C=N–C) groups is 2. The van der Waals surface area contributed by atoms with Crippen LogP contribution < -0.4 is 17.2 Å². The monoisotopic (exact) mass is 517 g/mol. The molecule has 1 aromatic rings. The maximum absolute atomic E-state index is 13.4. The molecule has 0 spiro atoms. The summed E-state index contributed by atoms with van der Waals surface area (Å²) >= 11 is 0. The van der Waals surface area contributed by atoms with E-state index in [2.05, 4.69) is 21.5 Å². The molecule has 1 rings (SSSR count). The van der Waals surface area contributed by atoms with Crippen LogP contribution in [0.3, 0.4) is 0 Å². The Labute approximate surface area is 170 Å². The van der Waals surface area contributed by atoms with Gasteiger partial charge < -0.3 is 17.2 Å². The number of nitrogens with two attached hydrogens (primary N) is 3. The lowest BCUT2D eigenvalue weighted by molar-refractivity contribution is -0.188. The topological polar surface area (TPSA) is 103 Å². The van der Waals surface area contributed by atoms with E-state index in [4.69, 9.17) is 5.73 Å². The van der Waals surface area contributed by atoms with Crippen LogP contribution in [0.1, 0.15) is 27.8 Å². The molecule has 0 fully saturated rings. The van der Waals surface area contributed by atoms with Crippen LogP contribution in [-0.4, -0.2) is 11.9 Å². The standard InChI is InChI=1S/C13H6F15N5/c14-9(15,16)1-2(10(17,18)19)4(12(23,24)25)6(32-8(31)33-7(29)30)5(13(26,27)28)3(1)11(20,21)22/h(H6,29,30,31,32,33). The average molecular weight is 517 g/mol. The zero-order chi connectivity index (χ0) is 26.5. The van der Waals surface area contributed by atoms with Gasteiger partial charge in [0.05, 0.1) is 33.5 Å². The predicted molar refractivity (Wildman–Crippen MR) is 78.5 cm³/mol. The Morgan fingerprint density at radius 1 is 0.455 bits per heavy atom. The Hall–Kier alpha value is -3.09. The van der Waals surface area contributed by atoms with Crippen molar-refractivity contribution in [2.24, 2.45) is 27.2 Å². The third-order valence-corrected chi connectivity index (χ3v) is 3.36. The van der Waals surface area contributed by atoms with E-state index in [9.17, 15) is 65.9 Å². The highest BCUT2D eigenvalue weighted by Crippen LogP contribution is 2.58. The van der Waals surface area contributed by atoms with Gasteiger partial charge in [-0.3, -0.25) is 0 Å². The number of guanidine groups is 2. The Balaban J connectivity index is 4.84. The second-order valence-electron chi connectivity index (χ2n) is 5.72. The summed E-state index contributed by atoms with van der Waals surface area (Å²) in [6, 6.07) is 0. The predicted octanol–water partition coefficient (Wildman–Crippen LogP) is 5.00. The Bertz CT molecular complexity index is 916. The molecule has 0 radical (unpaired) electrons. The molecular formula is C13H6F15N5. The molecule has 0 aliphatic carbocycles. The lowest BCUT2D eigenvalue weighted by Crippen LogP contribution is -2.31. The van der Waals surface area contributed by atoms with Gasteiger partial charge in [-0.2, -0.15) is 70.8 Å². The molecular weight excluding hydrogens is 511 g/mol. The number of hydrogen-bond donors (Lipinski definition) is 3. The molecule has 0 bridgehead atoms. The van der Waals surface area contributed by atoms with Crippen LogP contribution in [0.5, 0.6) is 0 Å². The van der Waals surface area contributed by atoms with E-state index in [0.717, 1.165) is 0 Å². The van der Waals surface area contributed by atoms with Crippen LogP contribution >= 0.6 is 0 Å². The van der Waals surface area contributed by atoms with E-state index in [1.807, 2.05) is 0 Å². The van der Waals surface area contributed by atoms with Crippen molar-refractivity contribution in [1.29, 1.82) is 0 Å². The van der Waals surface area contributed by atoms with Crippen LogP contribution in [-0.2, 0) is 30.9 Å². The van der Waals surface area contributed by atoms with Crippen LogP contribution in [0.4, 0.5) is 71.5 Å². The van der Waals surface area contributed by atoms with Gasteiger partial charge in [0.1, 0.15) is 0 Å². The summed E-state index contributed by atoms with van der Waals surface area (Å²) < 4.78 is 200. The Morgan fingerprint density at radius 3 is 0.909 bits per heavy atom. The van der Waals surface area contributed by atoms with Crippen molar-refractivity contribution in [3.05, 3.63) is 27.8 Å². The summed E-state index contributed by atoms with van der Waals surface area (Å²) in [4.78, 5) is 4.70. The van der Waals surface area contributed by atoms with Crippen LogP contribution in [0.2, 0.25) is 0 Å². The van der Waals surface area contributed by atoms with Crippen molar-refractivity contribution in [2.75, 3.05) is 0 Å². The largest absolute Gasteiger partial charge is 0.419 e. The smallest absolute Gasteiger partial charge is 0.370 e. The van der Waals surface area contributed by atoms with Crippen LogP contribution in [0.25, 0.3) is 0 Å². The summed E-state index contributed by atoms with van der Waals surface area (Å²) in [5.41, 5.74) is -9.38. The maximum Gasteiger partial charge on any atom is 0.419 e. The van der Waals surface area contributed by atoms with E-state index in [0.29, 0.717) is 0 Å². The van der Waals surface area contributed by atoms with Crippen molar-refractivity contribution < 1.29 is 65.9 Å². The van der Waals surface area contributed by atoms with Gasteiger partial charge in [0.15, 0.2) is 5.96 Å². The highest BCUT2D eigenvalue weighted by molar-refractivity contribution is 5.94. The van der Waals surface area contributed by atoms with Gasteiger partial charge in [0.25, 0.3) is 0 Å². The second kappa shape index (κ2) is 8.04. The van der Waals surface area contributed by atoms with Gasteiger partial charge in [-0.1, -0.05) is 0 Å². The minimum atomic E-state index is -7.01. The van der Waals surface area contributed by atoms with Crippen molar-refractivity contribution >= 4 is 17.6 Å².